The smallest absolute Gasteiger partial charge is 0.0103 e. The number of benzene rings is 3. The van der Waals surface area contributed by atoms with Crippen molar-refractivity contribution in [2.75, 3.05) is 0 Å². The van der Waals surface area contributed by atoms with E-state index in [4.69, 9.17) is 0 Å². The van der Waals surface area contributed by atoms with Gasteiger partial charge in [0.2, 0.25) is 0 Å². The van der Waals surface area contributed by atoms with Crippen LogP contribution < -0.4 is 0 Å². The van der Waals surface area contributed by atoms with Gasteiger partial charge < -0.3 is 0 Å². The highest BCUT2D eigenvalue weighted by Gasteiger charge is 2.07. The van der Waals surface area contributed by atoms with Crippen molar-refractivity contribution in [2.45, 2.75) is 19.8 Å². The Morgan fingerprint density at radius 2 is 1.35 bits per heavy atom. The lowest BCUT2D eigenvalue weighted by atomic mass is 9.93. The normalized spacial score (nSPS) is 10.2. The van der Waals surface area contributed by atoms with Crippen LogP contribution in [0.2, 0.25) is 0 Å². The van der Waals surface area contributed by atoms with Crippen molar-refractivity contribution in [1.29, 1.82) is 0 Å². The minimum Gasteiger partial charge on any atom is -0.153 e. The molecular formula is C19H21P. The second kappa shape index (κ2) is 6.68. The van der Waals surface area contributed by atoms with Crippen LogP contribution in [0.5, 0.6) is 0 Å². The SMILES string of the molecule is CCCc1ccccc1-c1cccc2ccccc12.P. The van der Waals surface area contributed by atoms with Crippen molar-refractivity contribution in [3.05, 3.63) is 72.3 Å². The molecule has 1 unspecified atom stereocenters. The Morgan fingerprint density at radius 1 is 0.700 bits per heavy atom. The molecule has 0 aromatic heterocycles. The summed E-state index contributed by atoms with van der Waals surface area (Å²) in [6, 6.07) is 24.0. The summed E-state index contributed by atoms with van der Waals surface area (Å²) in [6.45, 7) is 2.24. The van der Waals surface area contributed by atoms with Crippen LogP contribution in [0.15, 0.2) is 66.7 Å². The maximum atomic E-state index is 2.25. The Morgan fingerprint density at radius 3 is 2.20 bits per heavy atom. The molecule has 20 heavy (non-hydrogen) atoms. The molecule has 0 spiro atoms. The zero-order chi connectivity index (χ0) is 13.1. The maximum absolute atomic E-state index is 2.25. The first kappa shape index (κ1) is 14.8. The second-order valence-corrected chi connectivity index (χ2v) is 4.93. The number of hydrogen-bond donors (Lipinski definition) is 0. The molecule has 102 valence electrons. The summed E-state index contributed by atoms with van der Waals surface area (Å²) in [6.07, 6.45) is 2.32. The van der Waals surface area contributed by atoms with E-state index in [1.807, 2.05) is 0 Å². The second-order valence-electron chi connectivity index (χ2n) is 4.93. The van der Waals surface area contributed by atoms with E-state index in [9.17, 15) is 0 Å². The van der Waals surface area contributed by atoms with Gasteiger partial charge in [0, 0.05) is 0 Å². The Labute approximate surface area is 124 Å². The molecule has 1 atom stereocenters. The molecule has 0 aliphatic rings. The minimum atomic E-state index is 0. The van der Waals surface area contributed by atoms with Gasteiger partial charge in [0.15, 0.2) is 0 Å². The highest BCUT2D eigenvalue weighted by atomic mass is 31.0. The molecule has 1 heteroatoms. The van der Waals surface area contributed by atoms with Gasteiger partial charge >= 0.3 is 0 Å². The summed E-state index contributed by atoms with van der Waals surface area (Å²) < 4.78 is 0. The molecule has 0 heterocycles. The van der Waals surface area contributed by atoms with Gasteiger partial charge in [0.25, 0.3) is 0 Å². The first-order valence-electron chi connectivity index (χ1n) is 6.96. The van der Waals surface area contributed by atoms with E-state index in [-0.39, 0.29) is 9.90 Å². The van der Waals surface area contributed by atoms with Gasteiger partial charge in [-0.2, -0.15) is 9.90 Å². The van der Waals surface area contributed by atoms with Gasteiger partial charge in [-0.3, -0.25) is 0 Å². The summed E-state index contributed by atoms with van der Waals surface area (Å²) >= 11 is 0. The number of rotatable bonds is 3. The van der Waals surface area contributed by atoms with Gasteiger partial charge in [-0.15, -0.1) is 0 Å². The molecule has 0 nitrogen and oxygen atoms in total. The van der Waals surface area contributed by atoms with E-state index in [0.717, 1.165) is 6.42 Å². The van der Waals surface area contributed by atoms with E-state index < -0.39 is 0 Å². The molecule has 0 radical (unpaired) electrons. The van der Waals surface area contributed by atoms with Crippen molar-refractivity contribution in [3.8, 4) is 11.1 Å². The van der Waals surface area contributed by atoms with E-state index in [1.165, 1.54) is 33.9 Å². The summed E-state index contributed by atoms with van der Waals surface area (Å²) in [7, 11) is 0. The molecular weight excluding hydrogens is 259 g/mol. The van der Waals surface area contributed by atoms with Crippen LogP contribution in [0.25, 0.3) is 21.9 Å². The third kappa shape index (κ3) is 2.76. The predicted octanol–water partition coefficient (Wildman–Crippen LogP) is 5.52. The fraction of sp³-hybridized carbons (Fsp3) is 0.158. The molecule has 3 rings (SSSR count). The van der Waals surface area contributed by atoms with Crippen molar-refractivity contribution in [1.82, 2.24) is 0 Å². The summed E-state index contributed by atoms with van der Waals surface area (Å²) in [4.78, 5) is 0. The van der Waals surface area contributed by atoms with Crippen molar-refractivity contribution >= 4 is 20.7 Å². The van der Waals surface area contributed by atoms with Crippen LogP contribution in [0.4, 0.5) is 0 Å². The fourth-order valence-corrected chi connectivity index (χ4v) is 2.73. The minimum absolute atomic E-state index is 0. The standard InChI is InChI=1S/C19H18.H3P/c1-2-8-15-9-3-5-12-17(15)19-14-7-11-16-10-4-6-13-18(16)19;/h3-7,9-14H,2,8H2,1H3;1H3. The zero-order valence-corrected chi connectivity index (χ0v) is 13.4. The van der Waals surface area contributed by atoms with Crippen molar-refractivity contribution in [3.63, 3.8) is 0 Å². The molecule has 3 aromatic rings. The highest BCUT2D eigenvalue weighted by molar-refractivity contribution is 6.92. The van der Waals surface area contributed by atoms with Crippen molar-refractivity contribution < 1.29 is 0 Å². The average Bonchev–Trinajstić information content (AvgIpc) is 2.48. The number of hydrogen-bond acceptors (Lipinski definition) is 0. The largest absolute Gasteiger partial charge is 0.153 e. The van der Waals surface area contributed by atoms with E-state index >= 15 is 0 Å². The molecule has 0 bridgehead atoms. The van der Waals surface area contributed by atoms with E-state index in [2.05, 4.69) is 73.7 Å². The lowest BCUT2D eigenvalue weighted by Gasteiger charge is -2.11. The molecule has 0 N–H and O–H groups in total. The fourth-order valence-electron chi connectivity index (χ4n) is 2.73. The lowest BCUT2D eigenvalue weighted by Crippen LogP contribution is -1.90. The first-order chi connectivity index (χ1) is 9.40. The van der Waals surface area contributed by atoms with Gasteiger partial charge in [0.05, 0.1) is 0 Å². The summed E-state index contributed by atoms with van der Waals surface area (Å²) in [5.74, 6) is 0. The Hall–Kier alpha value is -1.65. The molecule has 0 saturated carbocycles. The highest BCUT2D eigenvalue weighted by Crippen LogP contribution is 2.31. The summed E-state index contributed by atoms with van der Waals surface area (Å²) in [5, 5.41) is 2.65. The van der Waals surface area contributed by atoms with Crippen LogP contribution in [0, 0.1) is 0 Å². The number of fused-ring (bicyclic) bond motifs is 1. The monoisotopic (exact) mass is 280 g/mol. The molecule has 0 aliphatic heterocycles. The molecule has 0 saturated heterocycles. The van der Waals surface area contributed by atoms with E-state index in [1.54, 1.807) is 0 Å². The van der Waals surface area contributed by atoms with Crippen molar-refractivity contribution in [2.24, 2.45) is 0 Å². The van der Waals surface area contributed by atoms with Gasteiger partial charge in [0.1, 0.15) is 0 Å². The van der Waals surface area contributed by atoms with Gasteiger partial charge in [-0.1, -0.05) is 80.1 Å². The van der Waals surface area contributed by atoms with Gasteiger partial charge in [-0.05, 0) is 33.9 Å². The molecule has 0 amide bonds. The van der Waals surface area contributed by atoms with Gasteiger partial charge in [-0.25, -0.2) is 0 Å². The third-order valence-corrected chi connectivity index (χ3v) is 3.62. The third-order valence-electron chi connectivity index (χ3n) is 3.62. The Balaban J connectivity index is 0.00000147. The maximum Gasteiger partial charge on any atom is -0.0103 e. The van der Waals surface area contributed by atoms with Crippen LogP contribution >= 0.6 is 9.90 Å². The van der Waals surface area contributed by atoms with Crippen LogP contribution in [0.1, 0.15) is 18.9 Å². The van der Waals surface area contributed by atoms with E-state index in [0.29, 0.717) is 0 Å². The first-order valence-corrected chi connectivity index (χ1v) is 6.96. The molecule has 0 aliphatic carbocycles. The molecule has 3 aromatic carbocycles. The Bertz CT molecular complexity index is 695. The Kier molecular flexibility index (Phi) is 4.93. The lowest BCUT2D eigenvalue weighted by molar-refractivity contribution is 0.924. The number of aryl methyl sites for hydroxylation is 1. The summed E-state index contributed by atoms with van der Waals surface area (Å²) in [5.41, 5.74) is 4.17. The molecule has 0 fully saturated rings. The average molecular weight is 280 g/mol. The van der Waals surface area contributed by atoms with Crippen LogP contribution in [0.3, 0.4) is 0 Å². The van der Waals surface area contributed by atoms with Crippen LogP contribution in [-0.4, -0.2) is 0 Å². The van der Waals surface area contributed by atoms with Crippen LogP contribution in [-0.2, 0) is 6.42 Å². The zero-order valence-electron chi connectivity index (χ0n) is 12.0. The topological polar surface area (TPSA) is 0 Å². The predicted molar refractivity (Wildman–Crippen MR) is 94.5 cm³/mol. The quantitative estimate of drug-likeness (QED) is 0.554.